The van der Waals surface area contributed by atoms with Crippen molar-refractivity contribution in [1.29, 1.82) is 0 Å². The third-order valence-corrected chi connectivity index (χ3v) is 7.58. The second-order valence-electron chi connectivity index (χ2n) is 8.98. The summed E-state index contributed by atoms with van der Waals surface area (Å²) in [5.74, 6) is 0.248. The van der Waals surface area contributed by atoms with E-state index in [0.29, 0.717) is 5.16 Å². The Morgan fingerprint density at radius 1 is 1.06 bits per heavy atom. The molecule has 0 saturated carbocycles. The van der Waals surface area contributed by atoms with Crippen LogP contribution in [0.4, 0.5) is 5.69 Å². The molecule has 1 saturated heterocycles. The van der Waals surface area contributed by atoms with Crippen LogP contribution >= 0.6 is 11.8 Å². The molecule has 0 radical (unpaired) electrons. The molecule has 6 nitrogen and oxygen atoms in total. The number of para-hydroxylation sites is 2. The highest BCUT2D eigenvalue weighted by molar-refractivity contribution is 7.99. The number of aromatic nitrogens is 2. The van der Waals surface area contributed by atoms with Crippen molar-refractivity contribution in [2.45, 2.75) is 70.7 Å². The van der Waals surface area contributed by atoms with Gasteiger partial charge >= 0.3 is 0 Å². The van der Waals surface area contributed by atoms with Crippen molar-refractivity contribution in [2.75, 3.05) is 11.1 Å². The van der Waals surface area contributed by atoms with Gasteiger partial charge in [0.15, 0.2) is 5.16 Å². The third-order valence-electron chi connectivity index (χ3n) is 6.61. The predicted molar refractivity (Wildman–Crippen MR) is 135 cm³/mol. The van der Waals surface area contributed by atoms with Crippen LogP contribution in [0.15, 0.2) is 47.6 Å². The van der Waals surface area contributed by atoms with Crippen LogP contribution in [-0.4, -0.2) is 44.1 Å². The Morgan fingerprint density at radius 2 is 1.79 bits per heavy atom. The molecular weight excluding hydrogens is 432 g/mol. The van der Waals surface area contributed by atoms with E-state index in [4.69, 9.17) is 4.98 Å². The summed E-state index contributed by atoms with van der Waals surface area (Å²) in [6.07, 6.45) is 3.25. The zero-order chi connectivity index (χ0) is 23.5. The molecule has 7 heteroatoms. The van der Waals surface area contributed by atoms with Crippen LogP contribution in [0.5, 0.6) is 0 Å². The summed E-state index contributed by atoms with van der Waals surface area (Å²) in [4.78, 5) is 32.8. The number of thioether (sulfide) groups is 1. The van der Waals surface area contributed by atoms with Crippen LogP contribution in [0.2, 0.25) is 0 Å². The first kappa shape index (κ1) is 23.4. The molecule has 1 N–H and O–H groups in total. The number of amides is 2. The molecular formula is C26H32N4O2S. The van der Waals surface area contributed by atoms with Crippen LogP contribution in [0.1, 0.15) is 44.2 Å². The van der Waals surface area contributed by atoms with Crippen molar-refractivity contribution in [2.24, 2.45) is 0 Å². The van der Waals surface area contributed by atoms with E-state index in [9.17, 15) is 9.59 Å². The SMILES string of the molecule is Cc1cccc(NC(=O)CSc2nc3ccccc3n2CC(=O)N2[C@H](C)CCC[C@H]2C)c1C. The van der Waals surface area contributed by atoms with E-state index in [-0.39, 0.29) is 36.2 Å². The summed E-state index contributed by atoms with van der Waals surface area (Å²) in [5, 5.41) is 3.70. The van der Waals surface area contributed by atoms with Crippen LogP contribution < -0.4 is 5.32 Å². The Kier molecular flexibility index (Phi) is 7.08. The first-order valence-corrected chi connectivity index (χ1v) is 12.6. The minimum Gasteiger partial charge on any atom is -0.336 e. The van der Waals surface area contributed by atoms with Gasteiger partial charge < -0.3 is 14.8 Å². The number of carbonyl (C=O) groups is 2. The van der Waals surface area contributed by atoms with Gasteiger partial charge in [0, 0.05) is 17.8 Å². The average Bonchev–Trinajstić information content (AvgIpc) is 3.13. The van der Waals surface area contributed by atoms with Gasteiger partial charge in [-0.1, -0.05) is 36.0 Å². The summed E-state index contributed by atoms with van der Waals surface area (Å²) in [6, 6.07) is 14.2. The van der Waals surface area contributed by atoms with Crippen LogP contribution in [0, 0.1) is 13.8 Å². The summed E-state index contributed by atoms with van der Waals surface area (Å²) in [6.45, 7) is 8.53. The lowest BCUT2D eigenvalue weighted by Crippen LogP contribution is -2.48. The van der Waals surface area contributed by atoms with Gasteiger partial charge in [0.2, 0.25) is 11.8 Å². The number of rotatable bonds is 6. The fraction of sp³-hybridized carbons (Fsp3) is 0.423. The van der Waals surface area contributed by atoms with E-state index < -0.39 is 0 Å². The summed E-state index contributed by atoms with van der Waals surface area (Å²) in [7, 11) is 0. The van der Waals surface area contributed by atoms with Crippen LogP contribution in [0.25, 0.3) is 11.0 Å². The molecule has 0 spiro atoms. The number of piperidine rings is 1. The van der Waals surface area contributed by atoms with Gasteiger partial charge in [-0.25, -0.2) is 4.98 Å². The molecule has 0 bridgehead atoms. The quantitative estimate of drug-likeness (QED) is 0.511. The van der Waals surface area contributed by atoms with Gasteiger partial charge in [0.25, 0.3) is 0 Å². The van der Waals surface area contributed by atoms with E-state index in [1.54, 1.807) is 0 Å². The fourth-order valence-electron chi connectivity index (χ4n) is 4.65. The van der Waals surface area contributed by atoms with Gasteiger partial charge in [-0.2, -0.15) is 0 Å². The van der Waals surface area contributed by atoms with Crippen molar-refractivity contribution in [3.05, 3.63) is 53.6 Å². The van der Waals surface area contributed by atoms with Crippen LogP contribution in [-0.2, 0) is 16.1 Å². The highest BCUT2D eigenvalue weighted by atomic mass is 32.2. The molecule has 2 heterocycles. The molecule has 0 aliphatic carbocycles. The van der Waals surface area contributed by atoms with Crippen molar-refractivity contribution in [1.82, 2.24) is 14.5 Å². The molecule has 0 unspecified atom stereocenters. The number of fused-ring (bicyclic) bond motifs is 1. The monoisotopic (exact) mass is 464 g/mol. The minimum atomic E-state index is -0.0862. The minimum absolute atomic E-state index is 0.0862. The Bertz CT molecular complexity index is 1160. The van der Waals surface area contributed by atoms with Gasteiger partial charge in [0.1, 0.15) is 6.54 Å². The van der Waals surface area contributed by atoms with Crippen molar-refractivity contribution < 1.29 is 9.59 Å². The van der Waals surface area contributed by atoms with E-state index in [1.807, 2.05) is 65.8 Å². The van der Waals surface area contributed by atoms with Crippen molar-refractivity contribution in [3.63, 3.8) is 0 Å². The standard InChI is InChI=1S/C26H32N4O2S/c1-17-9-7-13-21(20(17)4)27-24(31)16-33-26-28-22-12-5-6-14-23(22)29(26)15-25(32)30-18(2)10-8-11-19(30)3/h5-7,9,12-14,18-19H,8,10-11,15-16H2,1-4H3,(H,27,31)/t18-,19-/m1/s1. The second kappa shape index (κ2) is 10.00. The Labute approximate surface area is 199 Å². The average molecular weight is 465 g/mol. The zero-order valence-corrected chi connectivity index (χ0v) is 20.6. The summed E-state index contributed by atoms with van der Waals surface area (Å²) >= 11 is 1.37. The first-order chi connectivity index (χ1) is 15.8. The lowest BCUT2D eigenvalue weighted by Gasteiger charge is -2.39. The molecule has 2 amide bonds. The topological polar surface area (TPSA) is 67.2 Å². The molecule has 2 atom stereocenters. The number of hydrogen-bond donors (Lipinski definition) is 1. The lowest BCUT2D eigenvalue weighted by molar-refractivity contribution is -0.138. The van der Waals surface area contributed by atoms with E-state index in [1.165, 1.54) is 11.8 Å². The Balaban J connectivity index is 1.52. The number of nitrogens with zero attached hydrogens (tertiary/aromatic N) is 3. The van der Waals surface area contributed by atoms with Gasteiger partial charge in [0.05, 0.1) is 16.8 Å². The number of carbonyl (C=O) groups excluding carboxylic acids is 2. The van der Waals surface area contributed by atoms with Gasteiger partial charge in [-0.05, 0) is 76.3 Å². The summed E-state index contributed by atoms with van der Waals surface area (Å²) in [5.41, 5.74) is 4.79. The molecule has 1 aromatic heterocycles. The maximum Gasteiger partial charge on any atom is 0.243 e. The van der Waals surface area contributed by atoms with E-state index in [0.717, 1.165) is 47.1 Å². The van der Waals surface area contributed by atoms with Crippen LogP contribution in [0.3, 0.4) is 0 Å². The fourth-order valence-corrected chi connectivity index (χ4v) is 5.46. The second-order valence-corrected chi connectivity index (χ2v) is 9.93. The third kappa shape index (κ3) is 5.08. The van der Waals surface area contributed by atoms with Crippen molar-refractivity contribution in [3.8, 4) is 0 Å². The number of imidazole rings is 1. The summed E-state index contributed by atoms with van der Waals surface area (Å²) < 4.78 is 1.96. The number of likely N-dealkylation sites (tertiary alicyclic amines) is 1. The van der Waals surface area contributed by atoms with E-state index >= 15 is 0 Å². The van der Waals surface area contributed by atoms with E-state index in [2.05, 4.69) is 19.2 Å². The first-order valence-electron chi connectivity index (χ1n) is 11.6. The molecule has 1 aliphatic rings. The lowest BCUT2D eigenvalue weighted by atomic mass is 9.97. The number of aryl methyl sites for hydroxylation is 1. The maximum atomic E-state index is 13.3. The molecule has 174 valence electrons. The predicted octanol–water partition coefficient (Wildman–Crippen LogP) is 5.17. The van der Waals surface area contributed by atoms with Gasteiger partial charge in [-0.3, -0.25) is 9.59 Å². The number of anilines is 1. The number of hydrogen-bond acceptors (Lipinski definition) is 4. The maximum absolute atomic E-state index is 13.3. The molecule has 33 heavy (non-hydrogen) atoms. The smallest absolute Gasteiger partial charge is 0.243 e. The molecule has 1 aliphatic heterocycles. The normalized spacial score (nSPS) is 18.5. The highest BCUT2D eigenvalue weighted by Crippen LogP contribution is 2.27. The van der Waals surface area contributed by atoms with Crippen molar-refractivity contribution >= 4 is 40.3 Å². The van der Waals surface area contributed by atoms with Gasteiger partial charge in [-0.15, -0.1) is 0 Å². The molecule has 2 aromatic carbocycles. The number of benzene rings is 2. The Morgan fingerprint density at radius 3 is 2.55 bits per heavy atom. The zero-order valence-electron chi connectivity index (χ0n) is 19.8. The number of nitrogens with one attached hydrogen (secondary N) is 1. The highest BCUT2D eigenvalue weighted by Gasteiger charge is 2.29. The Hall–Kier alpha value is -2.80. The largest absolute Gasteiger partial charge is 0.336 e. The molecule has 1 fully saturated rings. The molecule has 4 rings (SSSR count). The molecule has 3 aromatic rings.